The second-order valence-corrected chi connectivity index (χ2v) is 5.76. The zero-order valence-corrected chi connectivity index (χ0v) is 13.1. The monoisotopic (exact) mass is 339 g/mol. The van der Waals surface area contributed by atoms with Crippen molar-refractivity contribution < 1.29 is 14.3 Å². The maximum absolute atomic E-state index is 12.1. The Kier molecular flexibility index (Phi) is 3.14. The van der Waals surface area contributed by atoms with Crippen LogP contribution in [-0.4, -0.2) is 25.2 Å². The van der Waals surface area contributed by atoms with Gasteiger partial charge in [0.1, 0.15) is 12.1 Å². The molecule has 4 rings (SSSR count). The largest absolute Gasteiger partial charge is 0.480 e. The molecule has 0 unspecified atom stereocenters. The van der Waals surface area contributed by atoms with E-state index in [1.54, 1.807) is 37.6 Å². The van der Waals surface area contributed by atoms with Gasteiger partial charge in [0.05, 0.1) is 5.52 Å². The number of oxazole rings is 1. The number of aliphatic carboxylic acids is 1. The number of benzene rings is 1. The lowest BCUT2D eigenvalue weighted by molar-refractivity contribution is -0.137. The van der Waals surface area contributed by atoms with E-state index >= 15 is 0 Å². The van der Waals surface area contributed by atoms with Gasteiger partial charge >= 0.3 is 11.7 Å². The molecule has 0 spiro atoms. The van der Waals surface area contributed by atoms with Crippen LogP contribution in [0.25, 0.3) is 33.1 Å². The van der Waals surface area contributed by atoms with Crippen molar-refractivity contribution >= 4 is 28.0 Å². The zero-order valence-electron chi connectivity index (χ0n) is 13.1. The van der Waals surface area contributed by atoms with Gasteiger partial charge in [0.25, 0.3) is 5.56 Å². The number of nitrogens with zero attached hydrogens (tertiary/aromatic N) is 2. The van der Waals surface area contributed by atoms with Crippen LogP contribution in [0.2, 0.25) is 0 Å². The molecule has 0 atom stereocenters. The van der Waals surface area contributed by atoms with Crippen LogP contribution in [-0.2, 0) is 18.4 Å². The summed E-state index contributed by atoms with van der Waals surface area (Å²) in [4.78, 5) is 37.9. The SMILES string of the molecule is Cn1cc(-c2ccc3c(c2)oc(=O)n3CC(=O)O)c2cc[nH]c2c1=O. The first kappa shape index (κ1) is 15.0. The summed E-state index contributed by atoms with van der Waals surface area (Å²) < 4.78 is 7.72. The number of aryl methyl sites for hydroxylation is 1. The first-order chi connectivity index (χ1) is 12.0. The van der Waals surface area contributed by atoms with E-state index < -0.39 is 18.3 Å². The number of fused-ring (bicyclic) bond motifs is 2. The first-order valence-corrected chi connectivity index (χ1v) is 7.48. The van der Waals surface area contributed by atoms with Crippen LogP contribution >= 0.6 is 0 Å². The third-order valence-corrected chi connectivity index (χ3v) is 4.17. The fraction of sp³-hybridized carbons (Fsp3) is 0.118. The lowest BCUT2D eigenvalue weighted by atomic mass is 10.0. The third kappa shape index (κ3) is 2.26. The van der Waals surface area contributed by atoms with E-state index in [0.29, 0.717) is 16.6 Å². The summed E-state index contributed by atoms with van der Waals surface area (Å²) in [5.41, 5.74) is 2.61. The highest BCUT2D eigenvalue weighted by molar-refractivity contribution is 5.96. The molecule has 0 aliphatic heterocycles. The Morgan fingerprint density at radius 3 is 2.84 bits per heavy atom. The summed E-state index contributed by atoms with van der Waals surface area (Å²) in [6.07, 6.45) is 3.41. The minimum absolute atomic E-state index is 0.135. The first-order valence-electron chi connectivity index (χ1n) is 7.48. The second-order valence-electron chi connectivity index (χ2n) is 5.76. The average Bonchev–Trinajstić information content (AvgIpc) is 3.16. The van der Waals surface area contributed by atoms with E-state index in [2.05, 4.69) is 4.98 Å². The van der Waals surface area contributed by atoms with Crippen LogP contribution in [0.4, 0.5) is 0 Å². The molecule has 8 nitrogen and oxygen atoms in total. The molecule has 25 heavy (non-hydrogen) atoms. The number of aromatic nitrogens is 3. The summed E-state index contributed by atoms with van der Waals surface area (Å²) in [7, 11) is 1.66. The van der Waals surface area contributed by atoms with E-state index in [1.165, 1.54) is 4.57 Å². The summed E-state index contributed by atoms with van der Waals surface area (Å²) in [6, 6.07) is 6.88. The molecule has 2 N–H and O–H groups in total. The number of carboxylic acid groups (broad SMARTS) is 1. The number of H-pyrrole nitrogens is 1. The number of rotatable bonds is 3. The summed E-state index contributed by atoms with van der Waals surface area (Å²) in [5.74, 6) is -1.84. The highest BCUT2D eigenvalue weighted by Crippen LogP contribution is 2.28. The predicted molar refractivity (Wildman–Crippen MR) is 90.6 cm³/mol. The number of hydrogen-bond donors (Lipinski definition) is 2. The molecule has 0 radical (unpaired) electrons. The number of carboxylic acids is 1. The fourth-order valence-electron chi connectivity index (χ4n) is 3.02. The molecule has 126 valence electrons. The molecule has 3 heterocycles. The van der Waals surface area contributed by atoms with Crippen molar-refractivity contribution in [3.63, 3.8) is 0 Å². The van der Waals surface area contributed by atoms with Crippen molar-refractivity contribution in [3.05, 3.63) is 57.6 Å². The summed E-state index contributed by atoms with van der Waals surface area (Å²) >= 11 is 0. The predicted octanol–water partition coefficient (Wildman–Crippen LogP) is 1.53. The molecule has 0 aliphatic rings. The van der Waals surface area contributed by atoms with Crippen LogP contribution in [0.5, 0.6) is 0 Å². The van der Waals surface area contributed by atoms with E-state index in [1.807, 2.05) is 6.07 Å². The Morgan fingerprint density at radius 1 is 1.28 bits per heavy atom. The van der Waals surface area contributed by atoms with Gasteiger partial charge in [-0.3, -0.25) is 14.2 Å². The molecule has 3 aromatic heterocycles. The topological polar surface area (TPSA) is 110 Å². The van der Waals surface area contributed by atoms with E-state index in [9.17, 15) is 14.4 Å². The van der Waals surface area contributed by atoms with Gasteiger partial charge in [0, 0.05) is 30.4 Å². The number of carbonyl (C=O) groups is 1. The molecule has 0 aliphatic carbocycles. The minimum Gasteiger partial charge on any atom is -0.480 e. The fourth-order valence-corrected chi connectivity index (χ4v) is 3.02. The van der Waals surface area contributed by atoms with Gasteiger partial charge in [-0.1, -0.05) is 6.07 Å². The summed E-state index contributed by atoms with van der Waals surface area (Å²) in [5, 5.41) is 9.67. The van der Waals surface area contributed by atoms with Gasteiger partial charge in [-0.15, -0.1) is 0 Å². The van der Waals surface area contributed by atoms with Gasteiger partial charge in [-0.05, 0) is 23.8 Å². The van der Waals surface area contributed by atoms with Gasteiger partial charge in [-0.25, -0.2) is 4.79 Å². The van der Waals surface area contributed by atoms with Crippen molar-refractivity contribution in [1.29, 1.82) is 0 Å². The van der Waals surface area contributed by atoms with Crippen LogP contribution in [0.3, 0.4) is 0 Å². The summed E-state index contributed by atoms with van der Waals surface area (Å²) in [6.45, 7) is -0.465. The van der Waals surface area contributed by atoms with Gasteiger partial charge in [-0.2, -0.15) is 0 Å². The van der Waals surface area contributed by atoms with E-state index in [0.717, 1.165) is 21.1 Å². The number of nitrogens with one attached hydrogen (secondary N) is 1. The van der Waals surface area contributed by atoms with E-state index in [4.69, 9.17) is 9.52 Å². The van der Waals surface area contributed by atoms with Crippen molar-refractivity contribution in [2.24, 2.45) is 7.05 Å². The van der Waals surface area contributed by atoms with E-state index in [-0.39, 0.29) is 5.56 Å². The Bertz CT molecular complexity index is 1250. The molecular formula is C17H13N3O5. The number of hydrogen-bond acceptors (Lipinski definition) is 4. The smallest absolute Gasteiger partial charge is 0.420 e. The highest BCUT2D eigenvalue weighted by atomic mass is 16.4. The van der Waals surface area contributed by atoms with Crippen LogP contribution in [0.15, 0.2) is 50.7 Å². The lowest BCUT2D eigenvalue weighted by Gasteiger charge is -2.07. The molecule has 0 amide bonds. The quantitative estimate of drug-likeness (QED) is 0.588. The Hall–Kier alpha value is -3.55. The lowest BCUT2D eigenvalue weighted by Crippen LogP contribution is -2.19. The van der Waals surface area contributed by atoms with Crippen molar-refractivity contribution in [2.75, 3.05) is 0 Å². The molecule has 0 bridgehead atoms. The Balaban J connectivity index is 1.96. The van der Waals surface area contributed by atoms with Crippen LogP contribution in [0.1, 0.15) is 0 Å². The molecule has 0 fully saturated rings. The maximum atomic E-state index is 12.1. The van der Waals surface area contributed by atoms with Gasteiger partial charge in [0.2, 0.25) is 0 Å². The van der Waals surface area contributed by atoms with Gasteiger partial charge < -0.3 is 19.1 Å². The number of aromatic amines is 1. The molecule has 0 saturated carbocycles. The molecule has 0 saturated heterocycles. The van der Waals surface area contributed by atoms with Gasteiger partial charge in [0.15, 0.2) is 5.58 Å². The molecule has 1 aromatic carbocycles. The molecular weight excluding hydrogens is 326 g/mol. The molecule has 8 heteroatoms. The highest BCUT2D eigenvalue weighted by Gasteiger charge is 2.15. The standard InChI is InChI=1S/C17H13N3O5/c1-19-7-11(10-4-5-18-15(10)16(19)23)9-2-3-12-13(6-9)25-17(24)20(12)8-14(21)22/h2-7,18H,8H2,1H3,(H,21,22). The Labute approximate surface area is 139 Å². The minimum atomic E-state index is -1.12. The zero-order chi connectivity index (χ0) is 17.7. The number of pyridine rings is 1. The maximum Gasteiger partial charge on any atom is 0.420 e. The van der Waals surface area contributed by atoms with Crippen molar-refractivity contribution in [2.45, 2.75) is 6.54 Å². The third-order valence-electron chi connectivity index (χ3n) is 4.17. The Morgan fingerprint density at radius 2 is 2.08 bits per heavy atom. The van der Waals surface area contributed by atoms with Crippen molar-refractivity contribution in [1.82, 2.24) is 14.1 Å². The average molecular weight is 339 g/mol. The van der Waals surface area contributed by atoms with Crippen molar-refractivity contribution in [3.8, 4) is 11.1 Å². The van der Waals surface area contributed by atoms with Crippen LogP contribution in [0, 0.1) is 0 Å². The second kappa shape index (κ2) is 5.23. The molecule has 4 aromatic rings. The normalized spacial score (nSPS) is 11.4. The van der Waals surface area contributed by atoms with Crippen LogP contribution < -0.4 is 11.3 Å².